The van der Waals surface area contributed by atoms with Gasteiger partial charge in [0.1, 0.15) is 6.54 Å². The van der Waals surface area contributed by atoms with Crippen LogP contribution in [-0.2, 0) is 23.2 Å². The first-order valence-corrected chi connectivity index (χ1v) is 9.26. The molecule has 0 unspecified atom stereocenters. The minimum atomic E-state index is -0.307. The molecular weight excluding hydrogens is 356 g/mol. The number of hydrogen-bond donors (Lipinski definition) is 2. The molecule has 0 bridgehead atoms. The predicted octanol–water partition coefficient (Wildman–Crippen LogP) is 3.03. The third kappa shape index (κ3) is 3.83. The van der Waals surface area contributed by atoms with Crippen molar-refractivity contribution in [2.24, 2.45) is 7.05 Å². The summed E-state index contributed by atoms with van der Waals surface area (Å²) in [6, 6.07) is 12.7. The van der Waals surface area contributed by atoms with Crippen LogP contribution in [0.3, 0.4) is 0 Å². The molecule has 0 atom stereocenters. The van der Waals surface area contributed by atoms with Crippen LogP contribution in [0.15, 0.2) is 47.3 Å². The van der Waals surface area contributed by atoms with Gasteiger partial charge in [0.2, 0.25) is 11.8 Å². The summed E-state index contributed by atoms with van der Waals surface area (Å²) in [6.45, 7) is 3.69. The Morgan fingerprint density at radius 1 is 0.929 bits per heavy atom. The Morgan fingerprint density at radius 3 is 2.18 bits per heavy atom. The normalized spacial score (nSPS) is 10.8. The van der Waals surface area contributed by atoms with Gasteiger partial charge < -0.3 is 10.6 Å². The van der Waals surface area contributed by atoms with E-state index < -0.39 is 0 Å². The summed E-state index contributed by atoms with van der Waals surface area (Å²) in [6.07, 6.45) is 1.21. The molecule has 1 aromatic heterocycles. The number of imidazole rings is 1. The summed E-state index contributed by atoms with van der Waals surface area (Å²) in [7, 11) is 1.69. The molecule has 0 aliphatic carbocycles. The van der Waals surface area contributed by atoms with E-state index in [1.165, 1.54) is 9.13 Å². The maximum atomic E-state index is 12.6. The molecule has 3 rings (SSSR count). The Morgan fingerprint density at radius 2 is 1.54 bits per heavy atom. The molecule has 0 saturated heterocycles. The topological polar surface area (TPSA) is 85.1 Å². The highest BCUT2D eigenvalue weighted by Gasteiger charge is 2.15. The minimum absolute atomic E-state index is 0.0589. The second-order valence-corrected chi connectivity index (χ2v) is 6.74. The molecular formula is C21H24N4O3. The lowest BCUT2D eigenvalue weighted by molar-refractivity contribution is -0.117. The number of benzene rings is 2. The smallest absolute Gasteiger partial charge is 0.326 e. The molecule has 2 amide bonds. The number of carbonyl (C=O) groups excluding carboxylic acids is 2. The van der Waals surface area contributed by atoms with Crippen molar-refractivity contribution in [3.05, 3.63) is 58.5 Å². The monoisotopic (exact) mass is 380 g/mol. The van der Waals surface area contributed by atoms with Crippen molar-refractivity contribution >= 4 is 34.2 Å². The molecule has 0 spiro atoms. The summed E-state index contributed by atoms with van der Waals surface area (Å²) in [5.41, 5.74) is 3.28. The van der Waals surface area contributed by atoms with Crippen molar-refractivity contribution in [3.8, 4) is 0 Å². The average Bonchev–Trinajstić information content (AvgIpc) is 2.90. The van der Waals surface area contributed by atoms with E-state index in [2.05, 4.69) is 10.6 Å². The first-order chi connectivity index (χ1) is 13.4. The van der Waals surface area contributed by atoms with Gasteiger partial charge >= 0.3 is 5.69 Å². The van der Waals surface area contributed by atoms with E-state index >= 15 is 0 Å². The maximum Gasteiger partial charge on any atom is 0.329 e. The molecule has 0 fully saturated rings. The Kier molecular flexibility index (Phi) is 5.63. The number of aryl methyl sites for hydroxylation is 1. The number of rotatable bonds is 6. The van der Waals surface area contributed by atoms with E-state index in [0.29, 0.717) is 23.3 Å². The standard InChI is InChI=1S/C21H24N4O3/c1-4-8-19(26)22-15-9-7-10-16(14(15)2)23-20(27)13-25-18-12-6-5-11-17(18)24(3)21(25)28/h5-7,9-12H,4,8,13H2,1-3H3,(H,22,26)(H,23,27). The third-order valence-electron chi connectivity index (χ3n) is 4.71. The van der Waals surface area contributed by atoms with Crippen molar-refractivity contribution in [3.63, 3.8) is 0 Å². The second-order valence-electron chi connectivity index (χ2n) is 6.74. The lowest BCUT2D eigenvalue weighted by Gasteiger charge is -2.13. The Hall–Kier alpha value is -3.35. The van der Waals surface area contributed by atoms with E-state index in [1.807, 2.05) is 38.1 Å². The number of amides is 2. The molecule has 0 radical (unpaired) electrons. The molecule has 2 aromatic carbocycles. The first-order valence-electron chi connectivity index (χ1n) is 9.26. The van der Waals surface area contributed by atoms with Crippen molar-refractivity contribution < 1.29 is 9.59 Å². The van der Waals surface area contributed by atoms with Crippen LogP contribution in [0.25, 0.3) is 11.0 Å². The van der Waals surface area contributed by atoms with Gasteiger partial charge in [-0.2, -0.15) is 0 Å². The zero-order valence-corrected chi connectivity index (χ0v) is 16.3. The van der Waals surface area contributed by atoms with Crippen LogP contribution in [0.2, 0.25) is 0 Å². The van der Waals surface area contributed by atoms with Gasteiger partial charge in [-0.1, -0.05) is 25.1 Å². The molecule has 3 aromatic rings. The molecule has 7 nitrogen and oxygen atoms in total. The number of para-hydroxylation sites is 2. The quantitative estimate of drug-likeness (QED) is 0.689. The van der Waals surface area contributed by atoms with Crippen LogP contribution < -0.4 is 16.3 Å². The van der Waals surface area contributed by atoms with E-state index in [1.54, 1.807) is 25.2 Å². The first kappa shape index (κ1) is 19.4. The number of anilines is 2. The largest absolute Gasteiger partial charge is 0.329 e. The van der Waals surface area contributed by atoms with Crippen molar-refractivity contribution in [1.82, 2.24) is 9.13 Å². The highest BCUT2D eigenvalue weighted by atomic mass is 16.2. The molecule has 146 valence electrons. The van der Waals surface area contributed by atoms with Gasteiger partial charge in [-0.05, 0) is 43.2 Å². The van der Waals surface area contributed by atoms with Crippen LogP contribution in [0.4, 0.5) is 11.4 Å². The Bertz CT molecular complexity index is 1090. The molecule has 0 aliphatic rings. The highest BCUT2D eigenvalue weighted by molar-refractivity contribution is 5.96. The summed E-state index contributed by atoms with van der Waals surface area (Å²) in [5.74, 6) is -0.366. The zero-order chi connectivity index (χ0) is 20.3. The number of nitrogens with zero attached hydrogens (tertiary/aromatic N) is 2. The second kappa shape index (κ2) is 8.12. The molecule has 0 saturated carbocycles. The molecule has 2 N–H and O–H groups in total. The number of nitrogens with one attached hydrogen (secondary N) is 2. The van der Waals surface area contributed by atoms with Crippen LogP contribution in [-0.4, -0.2) is 20.9 Å². The lowest BCUT2D eigenvalue weighted by Crippen LogP contribution is -2.28. The van der Waals surface area contributed by atoms with Crippen molar-refractivity contribution in [2.45, 2.75) is 33.2 Å². The molecule has 28 heavy (non-hydrogen) atoms. The summed E-state index contributed by atoms with van der Waals surface area (Å²) < 4.78 is 2.98. The van der Waals surface area contributed by atoms with Gasteiger partial charge in [0.05, 0.1) is 11.0 Å². The maximum absolute atomic E-state index is 12.6. The van der Waals surface area contributed by atoms with E-state index in [4.69, 9.17) is 0 Å². The number of carbonyl (C=O) groups is 2. The van der Waals surface area contributed by atoms with Crippen molar-refractivity contribution in [1.29, 1.82) is 0 Å². The van der Waals surface area contributed by atoms with Crippen molar-refractivity contribution in [2.75, 3.05) is 10.6 Å². The average molecular weight is 380 g/mol. The minimum Gasteiger partial charge on any atom is -0.326 e. The van der Waals surface area contributed by atoms with Gasteiger partial charge in [0, 0.05) is 24.8 Å². The summed E-state index contributed by atoms with van der Waals surface area (Å²) in [5, 5.41) is 5.71. The SMILES string of the molecule is CCCC(=O)Nc1cccc(NC(=O)Cn2c(=O)n(C)c3ccccc32)c1C. The summed E-state index contributed by atoms with van der Waals surface area (Å²) in [4.78, 5) is 37.0. The number of hydrogen-bond acceptors (Lipinski definition) is 3. The van der Waals surface area contributed by atoms with E-state index in [-0.39, 0.29) is 24.0 Å². The van der Waals surface area contributed by atoms with E-state index in [9.17, 15) is 14.4 Å². The van der Waals surface area contributed by atoms with Crippen LogP contribution in [0.1, 0.15) is 25.3 Å². The Labute approximate surface area is 163 Å². The van der Waals surface area contributed by atoms with E-state index in [0.717, 1.165) is 17.5 Å². The molecule has 0 aliphatic heterocycles. The van der Waals surface area contributed by atoms with Crippen LogP contribution >= 0.6 is 0 Å². The van der Waals surface area contributed by atoms with Gasteiger partial charge in [-0.15, -0.1) is 0 Å². The third-order valence-corrected chi connectivity index (χ3v) is 4.71. The fourth-order valence-corrected chi connectivity index (χ4v) is 3.20. The molecule has 1 heterocycles. The zero-order valence-electron chi connectivity index (χ0n) is 16.3. The lowest BCUT2D eigenvalue weighted by atomic mass is 10.1. The van der Waals surface area contributed by atoms with Gasteiger partial charge in [-0.3, -0.25) is 18.7 Å². The fourth-order valence-electron chi connectivity index (χ4n) is 3.20. The predicted molar refractivity (Wildman–Crippen MR) is 111 cm³/mol. The van der Waals surface area contributed by atoms with Crippen LogP contribution in [0, 0.1) is 6.92 Å². The van der Waals surface area contributed by atoms with Gasteiger partial charge in [0.25, 0.3) is 0 Å². The fraction of sp³-hybridized carbons (Fsp3) is 0.286. The van der Waals surface area contributed by atoms with Crippen LogP contribution in [0.5, 0.6) is 0 Å². The Balaban J connectivity index is 1.80. The number of aromatic nitrogens is 2. The van der Waals surface area contributed by atoms with Gasteiger partial charge in [-0.25, -0.2) is 4.79 Å². The van der Waals surface area contributed by atoms with Gasteiger partial charge in [0.15, 0.2) is 0 Å². The summed E-state index contributed by atoms with van der Waals surface area (Å²) >= 11 is 0. The number of fused-ring (bicyclic) bond motifs is 1. The highest BCUT2D eigenvalue weighted by Crippen LogP contribution is 2.23. The molecule has 7 heteroatoms.